The number of likely N-dealkylation sites (tertiary alicyclic amines) is 1. The molecule has 1 aromatic heterocycles. The molecule has 1 aliphatic rings. The molecule has 6 nitrogen and oxygen atoms in total. The lowest BCUT2D eigenvalue weighted by Gasteiger charge is -2.18. The molecule has 1 saturated heterocycles. The number of aromatic nitrogens is 1. The van der Waals surface area contributed by atoms with Gasteiger partial charge in [0.15, 0.2) is 0 Å². The fourth-order valence-corrected chi connectivity index (χ4v) is 2.61. The molecule has 0 spiro atoms. The molecule has 0 amide bonds. The van der Waals surface area contributed by atoms with Gasteiger partial charge in [0.2, 0.25) is 0 Å². The minimum Gasteiger partial charge on any atom is -0.508 e. The van der Waals surface area contributed by atoms with Crippen LogP contribution in [0.4, 0.5) is 0 Å². The van der Waals surface area contributed by atoms with Crippen LogP contribution in [0.15, 0.2) is 42.7 Å². The Labute approximate surface area is 134 Å². The summed E-state index contributed by atoms with van der Waals surface area (Å²) in [5.41, 5.74) is 1.14. The smallest absolute Gasteiger partial charge is 0.339 e. The fraction of sp³-hybridized carbons (Fsp3) is 0.294. The van der Waals surface area contributed by atoms with Gasteiger partial charge in [0.05, 0.1) is 0 Å². The van der Waals surface area contributed by atoms with Crippen molar-refractivity contribution < 1.29 is 20.1 Å². The topological polar surface area (TPSA) is 93.9 Å². The van der Waals surface area contributed by atoms with Gasteiger partial charge in [-0.15, -0.1) is 0 Å². The third-order valence-electron chi connectivity index (χ3n) is 3.80. The van der Waals surface area contributed by atoms with Crippen LogP contribution in [0.25, 0.3) is 0 Å². The highest BCUT2D eigenvalue weighted by molar-refractivity contribution is 5.90. The number of carboxylic acids is 1. The summed E-state index contributed by atoms with van der Waals surface area (Å²) < 4.78 is 0. The Bertz CT molecular complexity index is 661. The van der Waals surface area contributed by atoms with Crippen molar-refractivity contribution in [3.63, 3.8) is 0 Å². The zero-order chi connectivity index (χ0) is 16.8. The third-order valence-corrected chi connectivity index (χ3v) is 3.80. The molecule has 1 atom stereocenters. The van der Waals surface area contributed by atoms with Crippen LogP contribution >= 0.6 is 0 Å². The SMILES string of the molecule is CN1CCC[C@H]1c1cccnc1.O=C(O)c1ccc(O)cc1O. The predicted octanol–water partition coefficient (Wildman–Crippen LogP) is 2.64. The van der Waals surface area contributed by atoms with Crippen LogP contribution in [0.3, 0.4) is 0 Å². The van der Waals surface area contributed by atoms with Gasteiger partial charge < -0.3 is 15.3 Å². The maximum atomic E-state index is 10.3. The van der Waals surface area contributed by atoms with E-state index in [0.717, 1.165) is 12.1 Å². The van der Waals surface area contributed by atoms with Gasteiger partial charge in [-0.05, 0) is 50.2 Å². The van der Waals surface area contributed by atoms with Gasteiger partial charge in [0.25, 0.3) is 0 Å². The molecular formula is C17H20N2O4. The van der Waals surface area contributed by atoms with E-state index in [0.29, 0.717) is 6.04 Å². The molecule has 1 aliphatic heterocycles. The van der Waals surface area contributed by atoms with Gasteiger partial charge in [-0.2, -0.15) is 0 Å². The van der Waals surface area contributed by atoms with E-state index in [1.165, 1.54) is 31.0 Å². The predicted molar refractivity (Wildman–Crippen MR) is 85.6 cm³/mol. The highest BCUT2D eigenvalue weighted by Gasteiger charge is 2.21. The Kier molecular flexibility index (Phi) is 5.54. The largest absolute Gasteiger partial charge is 0.508 e. The lowest BCUT2D eigenvalue weighted by atomic mass is 10.1. The van der Waals surface area contributed by atoms with E-state index in [-0.39, 0.29) is 11.3 Å². The highest BCUT2D eigenvalue weighted by Crippen LogP contribution is 2.29. The maximum Gasteiger partial charge on any atom is 0.339 e. The highest BCUT2D eigenvalue weighted by atomic mass is 16.4. The second-order valence-electron chi connectivity index (χ2n) is 5.43. The molecule has 1 fully saturated rings. The number of rotatable bonds is 2. The van der Waals surface area contributed by atoms with Crippen LogP contribution in [0.5, 0.6) is 11.5 Å². The molecule has 0 radical (unpaired) electrons. The van der Waals surface area contributed by atoms with E-state index in [2.05, 4.69) is 23.0 Å². The van der Waals surface area contributed by atoms with Gasteiger partial charge in [-0.1, -0.05) is 6.07 Å². The van der Waals surface area contributed by atoms with Crippen LogP contribution in [-0.4, -0.2) is 44.8 Å². The van der Waals surface area contributed by atoms with E-state index >= 15 is 0 Å². The molecule has 23 heavy (non-hydrogen) atoms. The number of carboxylic acid groups (broad SMARTS) is 1. The summed E-state index contributed by atoms with van der Waals surface area (Å²) >= 11 is 0. The minimum absolute atomic E-state index is 0.160. The van der Waals surface area contributed by atoms with Gasteiger partial charge in [0.1, 0.15) is 17.1 Å². The summed E-state index contributed by atoms with van der Waals surface area (Å²) in [6, 6.07) is 8.10. The molecular weight excluding hydrogens is 296 g/mol. The molecule has 2 heterocycles. The molecule has 3 rings (SSSR count). The number of phenols is 2. The monoisotopic (exact) mass is 316 g/mol. The van der Waals surface area contributed by atoms with Gasteiger partial charge in [-0.3, -0.25) is 9.88 Å². The zero-order valence-corrected chi connectivity index (χ0v) is 12.9. The molecule has 6 heteroatoms. The number of aromatic carboxylic acids is 1. The summed E-state index contributed by atoms with van der Waals surface area (Å²) in [5, 5.41) is 26.1. The first-order chi connectivity index (χ1) is 11.0. The van der Waals surface area contributed by atoms with E-state index in [9.17, 15) is 4.79 Å². The van der Waals surface area contributed by atoms with Gasteiger partial charge in [-0.25, -0.2) is 4.79 Å². The first-order valence-electron chi connectivity index (χ1n) is 7.34. The Balaban J connectivity index is 0.000000168. The van der Waals surface area contributed by atoms with E-state index in [1.807, 2.05) is 18.5 Å². The summed E-state index contributed by atoms with van der Waals surface area (Å²) in [7, 11) is 2.19. The van der Waals surface area contributed by atoms with E-state index in [1.54, 1.807) is 0 Å². The van der Waals surface area contributed by atoms with Gasteiger partial charge in [0, 0.05) is 24.5 Å². The lowest BCUT2D eigenvalue weighted by Crippen LogP contribution is -2.17. The van der Waals surface area contributed by atoms with Crippen molar-refractivity contribution in [2.75, 3.05) is 13.6 Å². The average Bonchev–Trinajstić information content (AvgIpc) is 2.94. The minimum atomic E-state index is -1.22. The number of carbonyl (C=O) groups is 1. The quantitative estimate of drug-likeness (QED) is 0.788. The fourth-order valence-electron chi connectivity index (χ4n) is 2.61. The van der Waals surface area contributed by atoms with Crippen molar-refractivity contribution in [3.8, 4) is 11.5 Å². The van der Waals surface area contributed by atoms with Crippen molar-refractivity contribution in [2.24, 2.45) is 0 Å². The number of aromatic hydroxyl groups is 2. The number of hydrogen-bond acceptors (Lipinski definition) is 5. The zero-order valence-electron chi connectivity index (χ0n) is 12.9. The molecule has 2 aromatic rings. The second kappa shape index (κ2) is 7.60. The Morgan fingerprint density at radius 3 is 2.61 bits per heavy atom. The standard InChI is InChI=1S/C10H14N2.C7H6O4/c1-12-7-3-5-10(12)9-4-2-6-11-8-9;8-4-1-2-5(7(10)11)6(9)3-4/h2,4,6,8,10H,3,5,7H2,1H3;1-3,8-9H,(H,10,11)/t10-;/m0./s1. The second-order valence-corrected chi connectivity index (χ2v) is 5.43. The van der Waals surface area contributed by atoms with E-state index in [4.69, 9.17) is 15.3 Å². The molecule has 122 valence electrons. The normalized spacial score (nSPS) is 17.3. The van der Waals surface area contributed by atoms with Crippen LogP contribution in [0.2, 0.25) is 0 Å². The molecule has 0 bridgehead atoms. The summed E-state index contributed by atoms with van der Waals surface area (Å²) in [4.78, 5) is 16.8. The maximum absolute atomic E-state index is 10.3. The number of phenolic OH excluding ortho intramolecular Hbond substituents is 1. The number of pyridine rings is 1. The van der Waals surface area contributed by atoms with Gasteiger partial charge >= 0.3 is 5.97 Å². The lowest BCUT2D eigenvalue weighted by molar-refractivity contribution is 0.0693. The number of benzene rings is 1. The van der Waals surface area contributed by atoms with Crippen molar-refractivity contribution in [2.45, 2.75) is 18.9 Å². The van der Waals surface area contributed by atoms with Crippen molar-refractivity contribution in [3.05, 3.63) is 53.9 Å². The molecule has 3 N–H and O–H groups in total. The van der Waals surface area contributed by atoms with Crippen molar-refractivity contribution in [1.82, 2.24) is 9.88 Å². The average molecular weight is 316 g/mol. The van der Waals surface area contributed by atoms with Crippen molar-refractivity contribution in [1.29, 1.82) is 0 Å². The third kappa shape index (κ3) is 4.43. The Morgan fingerprint density at radius 2 is 2.09 bits per heavy atom. The summed E-state index contributed by atoms with van der Waals surface area (Å²) in [6.07, 6.45) is 6.41. The summed E-state index contributed by atoms with van der Waals surface area (Å²) in [5.74, 6) is -1.81. The Morgan fingerprint density at radius 1 is 1.30 bits per heavy atom. The van der Waals surface area contributed by atoms with Crippen molar-refractivity contribution >= 4 is 5.97 Å². The van der Waals surface area contributed by atoms with E-state index < -0.39 is 11.7 Å². The molecule has 0 saturated carbocycles. The van der Waals surface area contributed by atoms with Crippen LogP contribution in [-0.2, 0) is 0 Å². The summed E-state index contributed by atoms with van der Waals surface area (Å²) in [6.45, 7) is 1.22. The Hall–Kier alpha value is -2.60. The number of hydrogen-bond donors (Lipinski definition) is 3. The first kappa shape index (κ1) is 16.8. The van der Waals surface area contributed by atoms with Crippen LogP contribution in [0, 0.1) is 0 Å². The number of nitrogens with zero attached hydrogens (tertiary/aromatic N) is 2. The van der Waals surface area contributed by atoms with Crippen LogP contribution < -0.4 is 0 Å². The molecule has 1 aromatic carbocycles. The van der Waals surface area contributed by atoms with Crippen LogP contribution in [0.1, 0.15) is 34.8 Å². The first-order valence-corrected chi connectivity index (χ1v) is 7.34. The molecule has 0 aliphatic carbocycles. The molecule has 0 unspecified atom stereocenters.